The topological polar surface area (TPSA) is 63.1 Å². The van der Waals surface area contributed by atoms with Crippen LogP contribution in [-0.4, -0.2) is 44.7 Å². The second-order valence-electron chi connectivity index (χ2n) is 8.16. The van der Waals surface area contributed by atoms with Gasteiger partial charge in [-0.25, -0.2) is 4.39 Å². The van der Waals surface area contributed by atoms with Crippen LogP contribution in [0.25, 0.3) is 0 Å². The third kappa shape index (κ3) is 3.14. The number of hydrogen-bond donors (Lipinski definition) is 1. The van der Waals surface area contributed by atoms with Crippen LogP contribution >= 0.6 is 0 Å². The zero-order valence-corrected chi connectivity index (χ0v) is 15.3. The summed E-state index contributed by atoms with van der Waals surface area (Å²) in [5.74, 6) is 2.06. The summed E-state index contributed by atoms with van der Waals surface area (Å²) in [6.45, 7) is 3.26. The number of carbonyl (C=O) groups is 1. The molecule has 1 aromatic carbocycles. The first-order valence-electron chi connectivity index (χ1n) is 9.86. The van der Waals surface area contributed by atoms with Crippen molar-refractivity contribution < 1.29 is 9.18 Å². The van der Waals surface area contributed by atoms with Gasteiger partial charge in [-0.15, -0.1) is 10.2 Å². The minimum atomic E-state index is -0.139. The SMILES string of the molecule is O=C(NC1CCC1)c1nnc2n1C[C@H]1CN(Cc3ccccc3F)C[C@H]1C2. The number of amides is 1. The van der Waals surface area contributed by atoms with Crippen LogP contribution in [0.15, 0.2) is 24.3 Å². The van der Waals surface area contributed by atoms with Crippen molar-refractivity contribution in [3.8, 4) is 0 Å². The van der Waals surface area contributed by atoms with Gasteiger partial charge in [-0.1, -0.05) is 18.2 Å². The molecule has 0 bridgehead atoms. The molecule has 6 nitrogen and oxygen atoms in total. The monoisotopic (exact) mass is 369 g/mol. The highest BCUT2D eigenvalue weighted by Crippen LogP contribution is 2.33. The van der Waals surface area contributed by atoms with Crippen LogP contribution in [0.4, 0.5) is 4.39 Å². The Bertz CT molecular complexity index is 862. The summed E-state index contributed by atoms with van der Waals surface area (Å²) < 4.78 is 16.0. The fourth-order valence-electron chi connectivity index (χ4n) is 4.59. The van der Waals surface area contributed by atoms with Gasteiger partial charge in [0, 0.05) is 44.2 Å². The van der Waals surface area contributed by atoms with Crippen LogP contribution in [0.3, 0.4) is 0 Å². The Balaban J connectivity index is 1.27. The molecule has 1 saturated heterocycles. The second kappa shape index (κ2) is 6.71. The highest BCUT2D eigenvalue weighted by atomic mass is 19.1. The normalized spacial score (nSPS) is 24.9. The largest absolute Gasteiger partial charge is 0.347 e. The smallest absolute Gasteiger partial charge is 0.289 e. The zero-order valence-electron chi connectivity index (χ0n) is 15.3. The third-order valence-electron chi connectivity index (χ3n) is 6.34. The summed E-state index contributed by atoms with van der Waals surface area (Å²) in [6, 6.07) is 7.28. The van der Waals surface area contributed by atoms with Crippen molar-refractivity contribution in [2.24, 2.45) is 11.8 Å². The van der Waals surface area contributed by atoms with Crippen LogP contribution in [0, 0.1) is 17.7 Å². The highest BCUT2D eigenvalue weighted by molar-refractivity contribution is 5.91. The third-order valence-corrected chi connectivity index (χ3v) is 6.34. The fourth-order valence-corrected chi connectivity index (χ4v) is 4.59. The average Bonchev–Trinajstić information content (AvgIpc) is 3.20. The summed E-state index contributed by atoms with van der Waals surface area (Å²) in [7, 11) is 0. The van der Waals surface area contributed by atoms with Gasteiger partial charge in [-0.05, 0) is 37.2 Å². The minimum Gasteiger partial charge on any atom is -0.347 e. The van der Waals surface area contributed by atoms with Crippen molar-refractivity contribution in [2.75, 3.05) is 13.1 Å². The molecule has 0 radical (unpaired) electrons. The summed E-state index contributed by atoms with van der Waals surface area (Å²) in [5.41, 5.74) is 0.746. The van der Waals surface area contributed by atoms with E-state index in [0.717, 1.165) is 50.3 Å². The molecule has 5 rings (SSSR count). The molecule has 142 valence electrons. The van der Waals surface area contributed by atoms with Crippen molar-refractivity contribution in [3.05, 3.63) is 47.3 Å². The minimum absolute atomic E-state index is 0.0990. The maximum Gasteiger partial charge on any atom is 0.289 e. The molecule has 0 spiro atoms. The van der Waals surface area contributed by atoms with Gasteiger partial charge in [-0.3, -0.25) is 9.69 Å². The highest BCUT2D eigenvalue weighted by Gasteiger charge is 2.39. The number of carbonyl (C=O) groups excluding carboxylic acids is 1. The molecular formula is C20H24FN5O. The van der Waals surface area contributed by atoms with E-state index in [1.54, 1.807) is 6.07 Å². The number of aromatic nitrogens is 3. The van der Waals surface area contributed by atoms with Gasteiger partial charge >= 0.3 is 0 Å². The predicted octanol–water partition coefficient (Wildman–Crippen LogP) is 2.00. The van der Waals surface area contributed by atoms with Gasteiger partial charge in [-0.2, -0.15) is 0 Å². The molecule has 1 amide bonds. The molecule has 3 heterocycles. The number of benzene rings is 1. The molecule has 1 saturated carbocycles. The van der Waals surface area contributed by atoms with Gasteiger partial charge in [0.05, 0.1) is 0 Å². The molecule has 2 atom stereocenters. The van der Waals surface area contributed by atoms with E-state index < -0.39 is 0 Å². The first-order chi connectivity index (χ1) is 13.2. The molecule has 2 aromatic rings. The lowest BCUT2D eigenvalue weighted by molar-refractivity contribution is 0.0898. The lowest BCUT2D eigenvalue weighted by atomic mass is 9.89. The van der Waals surface area contributed by atoms with Crippen LogP contribution in [0.5, 0.6) is 0 Å². The van der Waals surface area contributed by atoms with Crippen LogP contribution in [0.1, 0.15) is 41.3 Å². The second-order valence-corrected chi connectivity index (χ2v) is 8.16. The standard InChI is InChI=1S/C20H24FN5O/c21-17-7-2-1-4-13(17)9-25-10-14-8-18-23-24-19(26(18)12-15(14)11-25)20(27)22-16-5-3-6-16/h1-2,4,7,14-16H,3,5-6,8-12H2,(H,22,27)/t14-,15-/m1/s1. The molecule has 7 heteroatoms. The van der Waals surface area contributed by atoms with Crippen molar-refractivity contribution in [3.63, 3.8) is 0 Å². The predicted molar refractivity (Wildman–Crippen MR) is 97.5 cm³/mol. The Morgan fingerprint density at radius 1 is 1.15 bits per heavy atom. The molecule has 2 fully saturated rings. The van der Waals surface area contributed by atoms with Gasteiger partial charge in [0.15, 0.2) is 0 Å². The van der Waals surface area contributed by atoms with E-state index in [-0.39, 0.29) is 11.7 Å². The molecule has 2 aliphatic heterocycles. The number of rotatable bonds is 4. The van der Waals surface area contributed by atoms with Crippen molar-refractivity contribution in [1.82, 2.24) is 25.0 Å². The lowest BCUT2D eigenvalue weighted by Gasteiger charge is -2.28. The van der Waals surface area contributed by atoms with E-state index in [0.29, 0.717) is 30.2 Å². The number of nitrogens with zero attached hydrogens (tertiary/aromatic N) is 4. The number of halogens is 1. The van der Waals surface area contributed by atoms with Crippen molar-refractivity contribution in [1.29, 1.82) is 0 Å². The summed E-state index contributed by atoms with van der Waals surface area (Å²) in [6.07, 6.45) is 4.14. The molecule has 3 aliphatic rings. The number of hydrogen-bond acceptors (Lipinski definition) is 4. The first-order valence-corrected chi connectivity index (χ1v) is 9.86. The molecular weight excluding hydrogens is 345 g/mol. The van der Waals surface area contributed by atoms with E-state index in [1.807, 2.05) is 16.7 Å². The first kappa shape index (κ1) is 16.9. The Morgan fingerprint density at radius 3 is 2.74 bits per heavy atom. The number of nitrogens with one attached hydrogen (secondary N) is 1. The van der Waals surface area contributed by atoms with E-state index in [9.17, 15) is 9.18 Å². The summed E-state index contributed by atoms with van der Waals surface area (Å²) in [5, 5.41) is 11.5. The molecule has 1 aromatic heterocycles. The van der Waals surface area contributed by atoms with Crippen LogP contribution in [0.2, 0.25) is 0 Å². The Morgan fingerprint density at radius 2 is 1.96 bits per heavy atom. The quantitative estimate of drug-likeness (QED) is 0.896. The maximum atomic E-state index is 14.0. The van der Waals surface area contributed by atoms with Crippen molar-refractivity contribution >= 4 is 5.91 Å². The van der Waals surface area contributed by atoms with E-state index in [2.05, 4.69) is 20.4 Å². The maximum absolute atomic E-state index is 14.0. The van der Waals surface area contributed by atoms with Gasteiger partial charge in [0.1, 0.15) is 11.6 Å². The Labute approximate surface area is 157 Å². The van der Waals surface area contributed by atoms with Gasteiger partial charge in [0.25, 0.3) is 5.91 Å². The molecule has 1 aliphatic carbocycles. The summed E-state index contributed by atoms with van der Waals surface area (Å²) in [4.78, 5) is 14.9. The average molecular weight is 369 g/mol. The van der Waals surface area contributed by atoms with Crippen LogP contribution in [-0.2, 0) is 19.5 Å². The molecule has 1 N–H and O–H groups in total. The van der Waals surface area contributed by atoms with E-state index in [1.165, 1.54) is 12.5 Å². The Kier molecular flexibility index (Phi) is 4.19. The number of fused-ring (bicyclic) bond motifs is 2. The molecule has 0 unspecified atom stereocenters. The van der Waals surface area contributed by atoms with E-state index >= 15 is 0 Å². The van der Waals surface area contributed by atoms with E-state index in [4.69, 9.17) is 0 Å². The lowest BCUT2D eigenvalue weighted by Crippen LogP contribution is -2.41. The zero-order chi connectivity index (χ0) is 18.4. The van der Waals surface area contributed by atoms with Crippen molar-refractivity contribution in [2.45, 2.75) is 44.8 Å². The van der Waals surface area contributed by atoms with Gasteiger partial charge in [0.2, 0.25) is 5.82 Å². The number of likely N-dealkylation sites (tertiary alicyclic amines) is 1. The fraction of sp³-hybridized carbons (Fsp3) is 0.550. The molecule has 27 heavy (non-hydrogen) atoms. The Hall–Kier alpha value is -2.28. The van der Waals surface area contributed by atoms with Gasteiger partial charge < -0.3 is 9.88 Å². The van der Waals surface area contributed by atoms with Crippen LogP contribution < -0.4 is 5.32 Å². The summed E-state index contributed by atoms with van der Waals surface area (Å²) >= 11 is 0.